The van der Waals surface area contributed by atoms with Gasteiger partial charge in [-0.1, -0.05) is 28.9 Å². The lowest BCUT2D eigenvalue weighted by Gasteiger charge is -2.20. The molecule has 0 amide bonds. The van der Waals surface area contributed by atoms with E-state index in [1.807, 2.05) is 12.1 Å². The van der Waals surface area contributed by atoms with Gasteiger partial charge in [-0.15, -0.1) is 0 Å². The molecule has 0 saturated heterocycles. The minimum absolute atomic E-state index is 0.267. The van der Waals surface area contributed by atoms with Crippen molar-refractivity contribution >= 4 is 50.0 Å². The molecule has 1 aromatic heterocycles. The molecule has 2 radical (unpaired) electrons. The molecule has 0 unspecified atom stereocenters. The summed E-state index contributed by atoms with van der Waals surface area (Å²) in [5.74, 6) is 0.629. The molecule has 128 valence electrons. The van der Waals surface area contributed by atoms with E-state index in [2.05, 4.69) is 4.98 Å². The van der Waals surface area contributed by atoms with Crippen LogP contribution in [0, 0.1) is 13.8 Å². The van der Waals surface area contributed by atoms with Crippen LogP contribution in [0.2, 0.25) is 0 Å². The summed E-state index contributed by atoms with van der Waals surface area (Å²) in [6.07, 6.45) is 0. The quantitative estimate of drug-likeness (QED) is 0.661. The van der Waals surface area contributed by atoms with E-state index in [0.717, 1.165) is 4.70 Å². The summed E-state index contributed by atoms with van der Waals surface area (Å²) >= 11 is 1.29. The third-order valence-corrected chi connectivity index (χ3v) is 7.26. The smallest absolute Gasteiger partial charge is 0.266 e. The standard InChI is InChI=1S/C17H17BN2O3S2/c1-10-8-12(23-4)9-11(2)16(10)25(21,22)20(3)17-19-15-13(18)6-5-7-14(15)24-17/h5-9H,1-4H3. The van der Waals surface area contributed by atoms with E-state index in [1.165, 1.54) is 22.7 Å². The Kier molecular flexibility index (Phi) is 4.51. The highest BCUT2D eigenvalue weighted by molar-refractivity contribution is 7.93. The zero-order valence-corrected chi connectivity index (χ0v) is 16.0. The van der Waals surface area contributed by atoms with Crippen LogP contribution in [-0.2, 0) is 10.0 Å². The van der Waals surface area contributed by atoms with Crippen LogP contribution >= 0.6 is 11.3 Å². The molecule has 3 aromatic rings. The fraction of sp³-hybridized carbons (Fsp3) is 0.235. The van der Waals surface area contributed by atoms with Gasteiger partial charge in [-0.05, 0) is 43.2 Å². The molecule has 0 aliphatic carbocycles. The molecule has 25 heavy (non-hydrogen) atoms. The van der Waals surface area contributed by atoms with Crippen LogP contribution in [0.25, 0.3) is 10.2 Å². The number of benzene rings is 2. The zero-order valence-electron chi connectivity index (χ0n) is 14.4. The van der Waals surface area contributed by atoms with E-state index < -0.39 is 10.0 Å². The highest BCUT2D eigenvalue weighted by Crippen LogP contribution is 2.33. The van der Waals surface area contributed by atoms with Crippen LogP contribution in [0.3, 0.4) is 0 Å². The number of rotatable bonds is 4. The minimum Gasteiger partial charge on any atom is -0.497 e. The van der Waals surface area contributed by atoms with Gasteiger partial charge in [-0.3, -0.25) is 0 Å². The summed E-state index contributed by atoms with van der Waals surface area (Å²) in [4.78, 5) is 4.68. The maximum absolute atomic E-state index is 13.2. The lowest BCUT2D eigenvalue weighted by atomic mass is 9.95. The number of thiazole rings is 1. The molecule has 0 bridgehead atoms. The Balaban J connectivity index is 2.12. The molecule has 0 saturated carbocycles. The van der Waals surface area contributed by atoms with Crippen molar-refractivity contribution in [2.24, 2.45) is 0 Å². The second kappa shape index (κ2) is 6.35. The maximum Gasteiger partial charge on any atom is 0.266 e. The number of sulfonamides is 1. The molecule has 8 heteroatoms. The molecule has 0 spiro atoms. The number of fused-ring (bicyclic) bond motifs is 1. The topological polar surface area (TPSA) is 59.5 Å². The Bertz CT molecular complexity index is 1040. The highest BCUT2D eigenvalue weighted by Gasteiger charge is 2.28. The van der Waals surface area contributed by atoms with E-state index in [0.29, 0.717) is 33.0 Å². The minimum atomic E-state index is -3.75. The second-order valence-electron chi connectivity index (χ2n) is 5.75. The van der Waals surface area contributed by atoms with Gasteiger partial charge in [0.05, 0.1) is 22.2 Å². The summed E-state index contributed by atoms with van der Waals surface area (Å²) in [5.41, 5.74) is 2.41. The number of methoxy groups -OCH3 is 1. The van der Waals surface area contributed by atoms with Gasteiger partial charge in [0.2, 0.25) is 0 Å². The number of para-hydroxylation sites is 1. The molecule has 1 heterocycles. The number of aromatic nitrogens is 1. The zero-order chi connectivity index (χ0) is 18.4. The number of aryl methyl sites for hydroxylation is 2. The van der Waals surface area contributed by atoms with Crippen molar-refractivity contribution in [1.29, 1.82) is 0 Å². The molecular weight excluding hydrogens is 355 g/mol. The van der Waals surface area contributed by atoms with Gasteiger partial charge >= 0.3 is 0 Å². The summed E-state index contributed by atoms with van der Waals surface area (Å²) in [7, 11) is 5.24. The average molecular weight is 372 g/mol. The van der Waals surface area contributed by atoms with Gasteiger partial charge in [-0.25, -0.2) is 17.7 Å². The van der Waals surface area contributed by atoms with E-state index >= 15 is 0 Å². The molecular formula is C17H17BN2O3S2. The van der Waals surface area contributed by atoms with Crippen molar-refractivity contribution in [2.75, 3.05) is 18.5 Å². The Morgan fingerprint density at radius 3 is 2.40 bits per heavy atom. The number of nitrogens with zero attached hydrogens (tertiary/aromatic N) is 2. The van der Waals surface area contributed by atoms with E-state index in [9.17, 15) is 8.42 Å². The van der Waals surface area contributed by atoms with Gasteiger partial charge in [0.25, 0.3) is 10.0 Å². The first-order valence-corrected chi connectivity index (χ1v) is 9.80. The third kappa shape index (κ3) is 3.00. The predicted octanol–water partition coefficient (Wildman–Crippen LogP) is 2.54. The number of anilines is 1. The number of hydrogen-bond acceptors (Lipinski definition) is 5. The lowest BCUT2D eigenvalue weighted by Crippen LogP contribution is -2.28. The van der Waals surface area contributed by atoms with Crippen molar-refractivity contribution in [2.45, 2.75) is 18.7 Å². The maximum atomic E-state index is 13.2. The normalized spacial score (nSPS) is 11.7. The molecule has 5 nitrogen and oxygen atoms in total. The lowest BCUT2D eigenvalue weighted by molar-refractivity contribution is 0.413. The Labute approximate surface area is 152 Å². The first kappa shape index (κ1) is 17.8. The summed E-state index contributed by atoms with van der Waals surface area (Å²) < 4.78 is 33.6. The van der Waals surface area contributed by atoms with Gasteiger partial charge in [0, 0.05) is 7.05 Å². The van der Waals surface area contributed by atoms with E-state index in [1.54, 1.807) is 39.2 Å². The van der Waals surface area contributed by atoms with Gasteiger partial charge < -0.3 is 4.74 Å². The van der Waals surface area contributed by atoms with Crippen molar-refractivity contribution in [3.63, 3.8) is 0 Å². The predicted molar refractivity (Wildman–Crippen MR) is 103 cm³/mol. The van der Waals surface area contributed by atoms with Gasteiger partial charge in [0.15, 0.2) is 5.13 Å². The van der Waals surface area contributed by atoms with Crippen LogP contribution < -0.4 is 14.5 Å². The third-order valence-electron chi connectivity index (χ3n) is 4.00. The molecule has 0 fully saturated rings. The Hall–Kier alpha value is -2.06. The molecule has 2 aromatic carbocycles. The van der Waals surface area contributed by atoms with Gasteiger partial charge in [-0.2, -0.15) is 0 Å². The van der Waals surface area contributed by atoms with Crippen molar-refractivity contribution in [3.8, 4) is 5.75 Å². The van der Waals surface area contributed by atoms with Crippen LogP contribution in [0.1, 0.15) is 11.1 Å². The molecule has 3 rings (SSSR count). The molecule has 0 aliphatic heterocycles. The highest BCUT2D eigenvalue weighted by atomic mass is 32.2. The molecule has 0 N–H and O–H groups in total. The number of hydrogen-bond donors (Lipinski definition) is 0. The fourth-order valence-corrected chi connectivity index (χ4v) is 5.49. The molecule has 0 aliphatic rings. The van der Waals surface area contributed by atoms with Crippen LogP contribution in [0.4, 0.5) is 5.13 Å². The first-order chi connectivity index (χ1) is 11.8. The second-order valence-corrected chi connectivity index (χ2v) is 8.67. The fourth-order valence-electron chi connectivity index (χ4n) is 2.77. The summed E-state index contributed by atoms with van der Waals surface area (Å²) in [6, 6.07) is 8.87. The van der Waals surface area contributed by atoms with Crippen molar-refractivity contribution in [3.05, 3.63) is 41.5 Å². The van der Waals surface area contributed by atoms with Gasteiger partial charge in [0.1, 0.15) is 13.6 Å². The molecule has 0 atom stereocenters. The van der Waals surface area contributed by atoms with Crippen LogP contribution in [0.15, 0.2) is 35.2 Å². The first-order valence-electron chi connectivity index (χ1n) is 7.55. The monoisotopic (exact) mass is 372 g/mol. The van der Waals surface area contributed by atoms with Crippen molar-refractivity contribution in [1.82, 2.24) is 4.98 Å². The largest absolute Gasteiger partial charge is 0.497 e. The Morgan fingerprint density at radius 1 is 1.20 bits per heavy atom. The SMILES string of the molecule is [B]c1cccc2sc(N(C)S(=O)(=O)c3c(C)cc(OC)cc3C)nc12. The van der Waals surface area contributed by atoms with E-state index in [4.69, 9.17) is 12.6 Å². The Morgan fingerprint density at radius 2 is 1.84 bits per heavy atom. The van der Waals surface area contributed by atoms with Crippen LogP contribution in [0.5, 0.6) is 5.75 Å². The van der Waals surface area contributed by atoms with Crippen LogP contribution in [-0.4, -0.2) is 35.4 Å². The van der Waals surface area contributed by atoms with E-state index in [-0.39, 0.29) is 4.90 Å². The average Bonchev–Trinajstić information content (AvgIpc) is 2.98. The summed E-state index contributed by atoms with van der Waals surface area (Å²) in [5, 5.41) is 0.377. The summed E-state index contributed by atoms with van der Waals surface area (Å²) in [6.45, 7) is 3.51. The number of ether oxygens (including phenoxy) is 1. The van der Waals surface area contributed by atoms with Crippen molar-refractivity contribution < 1.29 is 13.2 Å².